The van der Waals surface area contributed by atoms with Crippen molar-refractivity contribution in [3.8, 4) is 5.75 Å². The summed E-state index contributed by atoms with van der Waals surface area (Å²) in [4.78, 5) is 16.4. The number of rotatable bonds is 6. The number of benzene rings is 1. The predicted octanol–water partition coefficient (Wildman–Crippen LogP) is 2.44. The molecule has 1 aromatic heterocycles. The molecular formula is C17H23N3O5S. The van der Waals surface area contributed by atoms with Crippen LogP contribution in [-0.4, -0.2) is 35.3 Å². The highest BCUT2D eigenvalue weighted by Gasteiger charge is 2.21. The third-order valence-corrected chi connectivity index (χ3v) is 5.42. The molecule has 0 aliphatic heterocycles. The smallest absolute Gasteiger partial charge is 0.227 e. The van der Waals surface area contributed by atoms with Crippen LogP contribution in [0.15, 0.2) is 27.6 Å². The van der Waals surface area contributed by atoms with Gasteiger partial charge in [-0.2, -0.15) is 4.98 Å². The number of anilines is 1. The van der Waals surface area contributed by atoms with Crippen LogP contribution in [0.1, 0.15) is 45.8 Å². The summed E-state index contributed by atoms with van der Waals surface area (Å²) >= 11 is 0. The highest BCUT2D eigenvalue weighted by molar-refractivity contribution is 7.91. The van der Waals surface area contributed by atoms with Crippen molar-refractivity contribution in [3.63, 3.8) is 0 Å². The molecule has 0 atom stereocenters. The van der Waals surface area contributed by atoms with Crippen LogP contribution in [0.4, 0.5) is 5.69 Å². The number of aromatic hydroxyl groups is 1. The number of nitrogens with one attached hydrogen (secondary N) is 1. The first kappa shape index (κ1) is 19.9. The lowest BCUT2D eigenvalue weighted by molar-refractivity contribution is -0.116. The first-order valence-electron chi connectivity index (χ1n) is 8.21. The Labute approximate surface area is 152 Å². The molecule has 0 unspecified atom stereocenters. The van der Waals surface area contributed by atoms with E-state index in [1.54, 1.807) is 0 Å². The minimum absolute atomic E-state index is 0.0415. The van der Waals surface area contributed by atoms with Gasteiger partial charge < -0.3 is 14.9 Å². The maximum absolute atomic E-state index is 12.1. The summed E-state index contributed by atoms with van der Waals surface area (Å²) in [5.41, 5.74) is -0.202. The first-order chi connectivity index (χ1) is 12.0. The molecule has 0 saturated heterocycles. The molecule has 9 heteroatoms. The standard InChI is InChI=1S/C17H23N3O5S/c1-5-26(23,24)11-6-7-13(21)12(10-11)18-14(22)8-9-15-19-16(20-25-15)17(2,3)4/h6-7,10,21H,5,8-9H2,1-4H3,(H,18,22). The van der Waals surface area contributed by atoms with Crippen LogP contribution in [0.5, 0.6) is 5.75 Å². The molecule has 0 aliphatic carbocycles. The van der Waals surface area contributed by atoms with Crippen LogP contribution in [-0.2, 0) is 26.5 Å². The van der Waals surface area contributed by atoms with Gasteiger partial charge in [0, 0.05) is 18.3 Å². The van der Waals surface area contributed by atoms with E-state index in [9.17, 15) is 18.3 Å². The number of aryl methyl sites for hydroxylation is 1. The summed E-state index contributed by atoms with van der Waals surface area (Å²) in [5.74, 6) is 0.223. The lowest BCUT2D eigenvalue weighted by atomic mass is 9.96. The first-order valence-corrected chi connectivity index (χ1v) is 9.87. The van der Waals surface area contributed by atoms with Crippen LogP contribution in [0.2, 0.25) is 0 Å². The minimum Gasteiger partial charge on any atom is -0.506 e. The van der Waals surface area contributed by atoms with Gasteiger partial charge >= 0.3 is 0 Å². The largest absolute Gasteiger partial charge is 0.506 e. The summed E-state index contributed by atoms with van der Waals surface area (Å²) in [6.45, 7) is 7.38. The van der Waals surface area contributed by atoms with Crippen LogP contribution < -0.4 is 5.32 Å². The number of sulfone groups is 1. The van der Waals surface area contributed by atoms with E-state index in [0.717, 1.165) is 0 Å². The Morgan fingerprint density at radius 2 is 2.00 bits per heavy atom. The fraction of sp³-hybridized carbons (Fsp3) is 0.471. The van der Waals surface area contributed by atoms with E-state index >= 15 is 0 Å². The van der Waals surface area contributed by atoms with E-state index in [1.807, 2.05) is 20.8 Å². The number of phenolic OH excluding ortho intramolecular Hbond substituents is 1. The summed E-state index contributed by atoms with van der Waals surface area (Å²) in [6, 6.07) is 3.79. The molecule has 8 nitrogen and oxygen atoms in total. The van der Waals surface area contributed by atoms with Gasteiger partial charge in [0.05, 0.1) is 16.3 Å². The van der Waals surface area contributed by atoms with Gasteiger partial charge in [-0.1, -0.05) is 32.9 Å². The van der Waals surface area contributed by atoms with Crippen LogP contribution in [0.25, 0.3) is 0 Å². The second-order valence-electron chi connectivity index (χ2n) is 6.89. The predicted molar refractivity (Wildman–Crippen MR) is 95.8 cm³/mol. The molecule has 1 aromatic carbocycles. The molecule has 142 valence electrons. The van der Waals surface area contributed by atoms with Gasteiger partial charge in [-0.25, -0.2) is 8.42 Å². The zero-order chi connectivity index (χ0) is 19.5. The van der Waals surface area contributed by atoms with E-state index in [0.29, 0.717) is 11.7 Å². The zero-order valence-corrected chi connectivity index (χ0v) is 16.1. The van der Waals surface area contributed by atoms with Gasteiger partial charge in [-0.3, -0.25) is 4.79 Å². The van der Waals surface area contributed by atoms with Crippen molar-refractivity contribution in [2.45, 2.75) is 50.8 Å². The number of hydrogen-bond donors (Lipinski definition) is 2. The monoisotopic (exact) mass is 381 g/mol. The van der Waals surface area contributed by atoms with Crippen LogP contribution in [0.3, 0.4) is 0 Å². The number of hydrogen-bond acceptors (Lipinski definition) is 7. The van der Waals surface area contributed by atoms with Crippen LogP contribution >= 0.6 is 0 Å². The van der Waals surface area contributed by atoms with E-state index in [2.05, 4.69) is 15.5 Å². The molecule has 0 saturated carbocycles. The van der Waals surface area contributed by atoms with Gasteiger partial charge in [0.15, 0.2) is 15.7 Å². The minimum atomic E-state index is -3.44. The number of nitrogens with zero attached hydrogens (tertiary/aromatic N) is 2. The van der Waals surface area contributed by atoms with E-state index < -0.39 is 15.7 Å². The molecule has 0 bridgehead atoms. The number of carbonyl (C=O) groups is 1. The topological polar surface area (TPSA) is 122 Å². The number of amides is 1. The van der Waals surface area contributed by atoms with Crippen molar-refractivity contribution in [3.05, 3.63) is 29.9 Å². The molecule has 26 heavy (non-hydrogen) atoms. The van der Waals surface area contributed by atoms with Crippen molar-refractivity contribution in [2.75, 3.05) is 11.1 Å². The Kier molecular flexibility index (Phi) is 5.70. The molecule has 0 fully saturated rings. The SMILES string of the molecule is CCS(=O)(=O)c1ccc(O)c(NC(=O)CCc2nc(C(C)(C)C)no2)c1. The summed E-state index contributed by atoms with van der Waals surface area (Å²) < 4.78 is 29.0. The van der Waals surface area contributed by atoms with Crippen LogP contribution in [0, 0.1) is 0 Å². The lowest BCUT2D eigenvalue weighted by Gasteiger charge is -2.11. The van der Waals surface area contributed by atoms with Crippen molar-refractivity contribution < 1.29 is 22.8 Å². The molecule has 0 spiro atoms. The van der Waals surface area contributed by atoms with Crippen molar-refractivity contribution >= 4 is 21.4 Å². The van der Waals surface area contributed by atoms with E-state index in [4.69, 9.17) is 4.52 Å². The lowest BCUT2D eigenvalue weighted by Crippen LogP contribution is -2.14. The Morgan fingerprint density at radius 3 is 2.58 bits per heavy atom. The number of carbonyl (C=O) groups excluding carboxylic acids is 1. The molecule has 1 heterocycles. The fourth-order valence-electron chi connectivity index (χ4n) is 2.07. The van der Waals surface area contributed by atoms with Gasteiger partial charge in [-0.05, 0) is 18.2 Å². The molecule has 2 aromatic rings. The molecule has 1 amide bonds. The average Bonchev–Trinajstić information content (AvgIpc) is 3.04. The molecule has 0 aliphatic rings. The van der Waals surface area contributed by atoms with E-state index in [-0.39, 0.29) is 40.3 Å². The molecule has 2 N–H and O–H groups in total. The molecule has 0 radical (unpaired) electrons. The van der Waals surface area contributed by atoms with E-state index in [1.165, 1.54) is 25.1 Å². The highest BCUT2D eigenvalue weighted by atomic mass is 32.2. The highest BCUT2D eigenvalue weighted by Crippen LogP contribution is 2.27. The third-order valence-electron chi connectivity index (χ3n) is 3.69. The van der Waals surface area contributed by atoms with Gasteiger partial charge in [-0.15, -0.1) is 0 Å². The van der Waals surface area contributed by atoms with Crippen molar-refractivity contribution in [2.24, 2.45) is 0 Å². The Morgan fingerprint density at radius 1 is 1.31 bits per heavy atom. The number of phenols is 1. The fourth-order valence-corrected chi connectivity index (χ4v) is 2.98. The molecule has 2 rings (SSSR count). The van der Waals surface area contributed by atoms with Gasteiger partial charge in [0.25, 0.3) is 0 Å². The Bertz CT molecular complexity index is 897. The van der Waals surface area contributed by atoms with Crippen molar-refractivity contribution in [1.29, 1.82) is 0 Å². The zero-order valence-electron chi connectivity index (χ0n) is 15.2. The Hall–Kier alpha value is -2.42. The maximum atomic E-state index is 12.1. The van der Waals surface area contributed by atoms with Gasteiger partial charge in [0.1, 0.15) is 5.75 Å². The second-order valence-corrected chi connectivity index (χ2v) is 9.17. The number of aromatic nitrogens is 2. The summed E-state index contributed by atoms with van der Waals surface area (Å²) in [5, 5.41) is 16.2. The second kappa shape index (κ2) is 7.45. The van der Waals surface area contributed by atoms with Crippen molar-refractivity contribution in [1.82, 2.24) is 10.1 Å². The summed E-state index contributed by atoms with van der Waals surface area (Å²) in [7, 11) is -3.44. The third kappa shape index (κ3) is 4.81. The average molecular weight is 381 g/mol. The maximum Gasteiger partial charge on any atom is 0.227 e. The Balaban J connectivity index is 2.04. The quantitative estimate of drug-likeness (QED) is 0.737. The van der Waals surface area contributed by atoms with Gasteiger partial charge in [0.2, 0.25) is 11.8 Å². The summed E-state index contributed by atoms with van der Waals surface area (Å²) in [6.07, 6.45) is 0.290. The molecular weight excluding hydrogens is 358 g/mol. The normalized spacial score (nSPS) is 12.2.